The number of nitrogens with one attached hydrogen (secondary N) is 2. The molecule has 1 unspecified atom stereocenters. The summed E-state index contributed by atoms with van der Waals surface area (Å²) in [5, 5.41) is 6.30. The van der Waals surface area contributed by atoms with Gasteiger partial charge in [0.05, 0.1) is 0 Å². The van der Waals surface area contributed by atoms with Gasteiger partial charge in [0, 0.05) is 23.8 Å². The van der Waals surface area contributed by atoms with Gasteiger partial charge in [0.15, 0.2) is 0 Å². The number of aryl methyl sites for hydroxylation is 1. The molecule has 1 fully saturated rings. The number of carbonyl (C=O) groups excluding carboxylic acids is 1. The van der Waals surface area contributed by atoms with Gasteiger partial charge in [-0.3, -0.25) is 4.79 Å². The van der Waals surface area contributed by atoms with Crippen LogP contribution in [0.5, 0.6) is 0 Å². The summed E-state index contributed by atoms with van der Waals surface area (Å²) in [4.78, 5) is 16.9. The molecule has 1 amide bonds. The van der Waals surface area contributed by atoms with Crippen molar-refractivity contribution in [1.29, 1.82) is 0 Å². The van der Waals surface area contributed by atoms with Gasteiger partial charge in [0.2, 0.25) is 0 Å². The van der Waals surface area contributed by atoms with E-state index >= 15 is 0 Å². The first-order chi connectivity index (χ1) is 9.63. The zero-order chi connectivity index (χ0) is 14.5. The molecule has 1 aromatic rings. The lowest BCUT2D eigenvalue weighted by atomic mass is 10.1. The monoisotopic (exact) mass is 275 g/mol. The lowest BCUT2D eigenvalue weighted by molar-refractivity contribution is 0.0935. The third-order valence-corrected chi connectivity index (χ3v) is 3.69. The van der Waals surface area contributed by atoms with Crippen molar-refractivity contribution in [2.45, 2.75) is 52.5 Å². The first-order valence-corrected chi connectivity index (χ1v) is 7.69. The van der Waals surface area contributed by atoms with Crippen LogP contribution in [0.1, 0.15) is 56.1 Å². The lowest BCUT2D eigenvalue weighted by Gasteiger charge is -2.14. The third-order valence-electron chi connectivity index (χ3n) is 3.69. The smallest absolute Gasteiger partial charge is 0.251 e. The molecule has 1 aliphatic rings. The second-order valence-electron chi connectivity index (χ2n) is 5.61. The average molecular weight is 275 g/mol. The maximum Gasteiger partial charge on any atom is 0.251 e. The van der Waals surface area contributed by atoms with Crippen LogP contribution < -0.4 is 10.6 Å². The molecule has 4 nitrogen and oxygen atoms in total. The molecule has 0 aliphatic heterocycles. The molecule has 20 heavy (non-hydrogen) atoms. The van der Waals surface area contributed by atoms with Crippen molar-refractivity contribution in [1.82, 2.24) is 10.3 Å². The zero-order valence-electron chi connectivity index (χ0n) is 12.7. The maximum atomic E-state index is 12.3. The summed E-state index contributed by atoms with van der Waals surface area (Å²) in [7, 11) is 0. The molecular formula is C16H25N3O. The van der Waals surface area contributed by atoms with Crippen LogP contribution in [0.25, 0.3) is 0 Å². The summed E-state index contributed by atoms with van der Waals surface area (Å²) in [6.07, 6.45) is 4.41. The van der Waals surface area contributed by atoms with Crippen LogP contribution in [0.2, 0.25) is 0 Å². The van der Waals surface area contributed by atoms with E-state index in [1.165, 1.54) is 12.8 Å². The summed E-state index contributed by atoms with van der Waals surface area (Å²) >= 11 is 0. The van der Waals surface area contributed by atoms with E-state index in [0.29, 0.717) is 11.5 Å². The first kappa shape index (κ1) is 14.8. The van der Waals surface area contributed by atoms with Gasteiger partial charge in [-0.05, 0) is 51.2 Å². The fourth-order valence-electron chi connectivity index (χ4n) is 2.38. The van der Waals surface area contributed by atoms with E-state index in [2.05, 4.69) is 29.5 Å². The Kier molecular flexibility index (Phi) is 4.99. The normalized spacial score (nSPS) is 15.8. The van der Waals surface area contributed by atoms with Gasteiger partial charge in [-0.25, -0.2) is 4.98 Å². The zero-order valence-corrected chi connectivity index (χ0v) is 12.7. The Labute approximate surface area is 121 Å². The quantitative estimate of drug-likeness (QED) is 0.804. The Balaban J connectivity index is 2.12. The number of aromatic nitrogens is 1. The number of nitrogens with zero attached hydrogens (tertiary/aromatic N) is 1. The Hall–Kier alpha value is -1.58. The Morgan fingerprint density at radius 1 is 1.40 bits per heavy atom. The topological polar surface area (TPSA) is 54.0 Å². The number of hydrogen-bond donors (Lipinski definition) is 2. The molecular weight excluding hydrogens is 250 g/mol. The molecule has 1 aromatic heterocycles. The summed E-state index contributed by atoms with van der Waals surface area (Å²) in [5.41, 5.74) is 1.70. The molecule has 4 heteroatoms. The molecule has 2 rings (SSSR count). The van der Waals surface area contributed by atoms with Crippen molar-refractivity contribution in [3.63, 3.8) is 0 Å². The maximum absolute atomic E-state index is 12.3. The van der Waals surface area contributed by atoms with Gasteiger partial charge in [-0.15, -0.1) is 0 Å². The van der Waals surface area contributed by atoms with E-state index in [9.17, 15) is 4.79 Å². The van der Waals surface area contributed by atoms with Gasteiger partial charge in [-0.1, -0.05) is 13.3 Å². The van der Waals surface area contributed by atoms with Crippen LogP contribution in [-0.4, -0.2) is 23.5 Å². The number of amides is 1. The number of pyridine rings is 1. The minimum Gasteiger partial charge on any atom is -0.370 e. The number of carbonyl (C=O) groups is 1. The van der Waals surface area contributed by atoms with Crippen LogP contribution >= 0.6 is 0 Å². The van der Waals surface area contributed by atoms with Crippen molar-refractivity contribution in [2.24, 2.45) is 5.92 Å². The summed E-state index contributed by atoms with van der Waals surface area (Å²) < 4.78 is 0. The van der Waals surface area contributed by atoms with Crippen LogP contribution in [0.15, 0.2) is 12.1 Å². The summed E-state index contributed by atoms with van der Waals surface area (Å²) in [6.45, 7) is 7.05. The van der Waals surface area contributed by atoms with Gasteiger partial charge in [-0.2, -0.15) is 0 Å². The molecule has 1 heterocycles. The van der Waals surface area contributed by atoms with Gasteiger partial charge < -0.3 is 10.6 Å². The third kappa shape index (κ3) is 3.95. The highest BCUT2D eigenvalue weighted by molar-refractivity contribution is 5.95. The van der Waals surface area contributed by atoms with Crippen molar-refractivity contribution >= 4 is 11.7 Å². The van der Waals surface area contributed by atoms with Crippen LogP contribution in [0.3, 0.4) is 0 Å². The van der Waals surface area contributed by atoms with Crippen LogP contribution in [0.4, 0.5) is 5.82 Å². The fourth-order valence-corrected chi connectivity index (χ4v) is 2.38. The SMILES string of the molecule is CCCc1cc(C(=O)NC(C)C2CC2)cc(NCC)n1. The molecule has 0 aromatic carbocycles. The van der Waals surface area contributed by atoms with Crippen molar-refractivity contribution in [2.75, 3.05) is 11.9 Å². The molecule has 0 saturated heterocycles. The van der Waals surface area contributed by atoms with Crippen LogP contribution in [0, 0.1) is 5.92 Å². The second-order valence-corrected chi connectivity index (χ2v) is 5.61. The minimum absolute atomic E-state index is 0.0170. The van der Waals surface area contributed by atoms with E-state index < -0.39 is 0 Å². The summed E-state index contributed by atoms with van der Waals surface area (Å²) in [6, 6.07) is 4.03. The Morgan fingerprint density at radius 2 is 2.15 bits per heavy atom. The highest BCUT2D eigenvalue weighted by atomic mass is 16.1. The number of hydrogen-bond acceptors (Lipinski definition) is 3. The molecule has 110 valence electrons. The van der Waals surface area contributed by atoms with Crippen molar-refractivity contribution in [3.8, 4) is 0 Å². The standard InChI is InChI=1S/C16H25N3O/c1-4-6-14-9-13(10-15(19-14)17-5-2)16(20)18-11(3)12-7-8-12/h9-12H,4-8H2,1-3H3,(H,17,19)(H,18,20). The van der Waals surface area contributed by atoms with E-state index in [4.69, 9.17) is 0 Å². The van der Waals surface area contributed by atoms with E-state index in [0.717, 1.165) is 30.9 Å². The Bertz CT molecular complexity index is 445. The van der Waals surface area contributed by atoms with E-state index in [1.54, 1.807) is 0 Å². The predicted molar refractivity (Wildman–Crippen MR) is 82.0 cm³/mol. The average Bonchev–Trinajstić information content (AvgIpc) is 3.23. The minimum atomic E-state index is 0.0170. The molecule has 0 spiro atoms. The lowest BCUT2D eigenvalue weighted by Crippen LogP contribution is -2.34. The molecule has 0 radical (unpaired) electrons. The van der Waals surface area contributed by atoms with Gasteiger partial charge in [0.25, 0.3) is 5.91 Å². The molecule has 1 saturated carbocycles. The largest absolute Gasteiger partial charge is 0.370 e. The highest BCUT2D eigenvalue weighted by Gasteiger charge is 2.29. The highest BCUT2D eigenvalue weighted by Crippen LogP contribution is 2.32. The Morgan fingerprint density at radius 3 is 2.75 bits per heavy atom. The molecule has 2 N–H and O–H groups in total. The van der Waals surface area contributed by atoms with E-state index in [1.807, 2.05) is 19.1 Å². The number of rotatable bonds is 7. The predicted octanol–water partition coefficient (Wildman–Crippen LogP) is 2.99. The molecule has 0 bridgehead atoms. The van der Waals surface area contributed by atoms with Crippen LogP contribution in [-0.2, 0) is 6.42 Å². The van der Waals surface area contributed by atoms with Crippen molar-refractivity contribution in [3.05, 3.63) is 23.4 Å². The number of anilines is 1. The first-order valence-electron chi connectivity index (χ1n) is 7.69. The second kappa shape index (κ2) is 6.73. The van der Waals surface area contributed by atoms with Crippen molar-refractivity contribution < 1.29 is 4.79 Å². The molecule has 1 atom stereocenters. The van der Waals surface area contributed by atoms with Gasteiger partial charge >= 0.3 is 0 Å². The molecule has 1 aliphatic carbocycles. The fraction of sp³-hybridized carbons (Fsp3) is 0.625. The van der Waals surface area contributed by atoms with E-state index in [-0.39, 0.29) is 11.9 Å². The summed E-state index contributed by atoms with van der Waals surface area (Å²) in [5.74, 6) is 1.48. The van der Waals surface area contributed by atoms with Gasteiger partial charge in [0.1, 0.15) is 5.82 Å².